The number of aromatic nitrogens is 1. The summed E-state index contributed by atoms with van der Waals surface area (Å²) in [7, 11) is 0. The zero-order valence-electron chi connectivity index (χ0n) is 10.0. The molecule has 5 nitrogen and oxygen atoms in total. The van der Waals surface area contributed by atoms with Crippen LogP contribution >= 0.6 is 0 Å². The Balaban J connectivity index is 2.56. The fourth-order valence-corrected chi connectivity index (χ4v) is 1.18. The molecular weight excluding hydrogens is 220 g/mol. The number of rotatable bonds is 5. The summed E-state index contributed by atoms with van der Waals surface area (Å²) < 4.78 is 4.83. The smallest absolute Gasteiger partial charge is 0.339 e. The van der Waals surface area contributed by atoms with Crippen molar-refractivity contribution in [1.82, 2.24) is 10.3 Å². The molecular formula is C12H16N2O3. The molecule has 0 aromatic carbocycles. The molecule has 1 aromatic rings. The molecule has 1 amide bonds. The molecule has 92 valence electrons. The molecule has 0 radical (unpaired) electrons. The average Bonchev–Trinajstić information content (AvgIpc) is 2.36. The molecule has 0 saturated heterocycles. The maximum atomic E-state index is 11.3. The van der Waals surface area contributed by atoms with Crippen molar-refractivity contribution in [3.63, 3.8) is 0 Å². The number of nitrogens with zero attached hydrogens (tertiary/aromatic N) is 1. The minimum atomic E-state index is -0.385. The first-order valence-electron chi connectivity index (χ1n) is 5.56. The van der Waals surface area contributed by atoms with Crippen LogP contribution in [0.4, 0.5) is 0 Å². The molecule has 0 aliphatic rings. The Morgan fingerprint density at radius 2 is 2.12 bits per heavy atom. The minimum Gasteiger partial charge on any atom is -0.462 e. The third kappa shape index (κ3) is 4.22. The van der Waals surface area contributed by atoms with Gasteiger partial charge in [-0.05, 0) is 19.1 Å². The van der Waals surface area contributed by atoms with Crippen LogP contribution in [-0.4, -0.2) is 23.5 Å². The molecule has 0 bridgehead atoms. The molecule has 17 heavy (non-hydrogen) atoms. The molecule has 0 fully saturated rings. The fourth-order valence-electron chi connectivity index (χ4n) is 1.18. The van der Waals surface area contributed by atoms with E-state index in [4.69, 9.17) is 4.74 Å². The highest BCUT2D eigenvalue weighted by Gasteiger charge is 2.06. The molecule has 0 spiro atoms. The topological polar surface area (TPSA) is 68.3 Å². The van der Waals surface area contributed by atoms with Crippen LogP contribution in [0.25, 0.3) is 0 Å². The Morgan fingerprint density at radius 3 is 2.65 bits per heavy atom. The van der Waals surface area contributed by atoms with Crippen molar-refractivity contribution in [3.8, 4) is 0 Å². The van der Waals surface area contributed by atoms with Crippen molar-refractivity contribution >= 4 is 11.9 Å². The molecule has 0 unspecified atom stereocenters. The van der Waals surface area contributed by atoms with Crippen molar-refractivity contribution in [3.05, 3.63) is 29.6 Å². The molecule has 1 aromatic heterocycles. The molecule has 0 atom stereocenters. The first kappa shape index (κ1) is 13.2. The highest BCUT2D eigenvalue weighted by atomic mass is 16.5. The van der Waals surface area contributed by atoms with Crippen LogP contribution in [0.2, 0.25) is 0 Å². The van der Waals surface area contributed by atoms with E-state index in [1.165, 1.54) is 6.20 Å². The zero-order chi connectivity index (χ0) is 12.7. The summed E-state index contributed by atoms with van der Waals surface area (Å²) in [4.78, 5) is 26.4. The van der Waals surface area contributed by atoms with E-state index >= 15 is 0 Å². The van der Waals surface area contributed by atoms with Gasteiger partial charge in [0.25, 0.3) is 0 Å². The van der Waals surface area contributed by atoms with Crippen LogP contribution in [0, 0.1) is 0 Å². The quantitative estimate of drug-likeness (QED) is 0.782. The van der Waals surface area contributed by atoms with Crippen LogP contribution in [0.15, 0.2) is 18.3 Å². The first-order chi connectivity index (χ1) is 8.17. The average molecular weight is 236 g/mol. The number of nitrogens with one attached hydrogen (secondary N) is 1. The Labute approximate surface area is 100 Å². The number of hydrogen-bond acceptors (Lipinski definition) is 4. The maximum Gasteiger partial charge on any atom is 0.339 e. The van der Waals surface area contributed by atoms with E-state index in [9.17, 15) is 9.59 Å². The molecule has 0 saturated carbocycles. The Morgan fingerprint density at radius 1 is 1.35 bits per heavy atom. The van der Waals surface area contributed by atoms with E-state index in [1.54, 1.807) is 26.0 Å². The minimum absolute atomic E-state index is 0.0266. The Bertz CT molecular complexity index is 387. The summed E-state index contributed by atoms with van der Waals surface area (Å²) in [6, 6.07) is 3.33. The number of hydrogen-bond donors (Lipinski definition) is 1. The van der Waals surface area contributed by atoms with Gasteiger partial charge in [-0.1, -0.05) is 6.92 Å². The number of carbonyl (C=O) groups excluding carboxylic acids is 2. The monoisotopic (exact) mass is 236 g/mol. The van der Waals surface area contributed by atoms with E-state index in [2.05, 4.69) is 10.3 Å². The number of ether oxygens (including phenoxy) is 1. The molecule has 0 aliphatic carbocycles. The lowest BCUT2D eigenvalue weighted by Crippen LogP contribution is -2.22. The van der Waals surface area contributed by atoms with E-state index in [0.29, 0.717) is 30.8 Å². The summed E-state index contributed by atoms with van der Waals surface area (Å²) in [6.45, 7) is 4.25. The van der Waals surface area contributed by atoms with Gasteiger partial charge in [0.2, 0.25) is 5.91 Å². The van der Waals surface area contributed by atoms with Crippen LogP contribution in [0.5, 0.6) is 0 Å². The first-order valence-corrected chi connectivity index (χ1v) is 5.56. The summed E-state index contributed by atoms with van der Waals surface area (Å²) in [6.07, 6.45) is 1.90. The van der Waals surface area contributed by atoms with Gasteiger partial charge in [0.05, 0.1) is 24.4 Å². The highest BCUT2D eigenvalue weighted by molar-refractivity contribution is 5.88. The summed E-state index contributed by atoms with van der Waals surface area (Å²) in [5, 5.41) is 2.70. The van der Waals surface area contributed by atoms with Gasteiger partial charge < -0.3 is 10.1 Å². The number of carbonyl (C=O) groups is 2. The predicted molar refractivity (Wildman–Crippen MR) is 62.3 cm³/mol. The number of esters is 1. The fraction of sp³-hybridized carbons (Fsp3) is 0.417. The van der Waals surface area contributed by atoms with E-state index in [1.807, 2.05) is 0 Å². The second kappa shape index (κ2) is 6.62. The van der Waals surface area contributed by atoms with Gasteiger partial charge in [0.15, 0.2) is 0 Å². The molecule has 1 N–H and O–H groups in total. The van der Waals surface area contributed by atoms with Gasteiger partial charge in [0.1, 0.15) is 0 Å². The standard InChI is InChI=1S/C12H16N2O3/c1-3-11(15)14-8-10-6-5-9(7-13-10)12(16)17-4-2/h5-7H,3-4,8H2,1-2H3,(H,14,15). The zero-order valence-corrected chi connectivity index (χ0v) is 10.0. The maximum absolute atomic E-state index is 11.3. The van der Waals surface area contributed by atoms with Gasteiger partial charge >= 0.3 is 5.97 Å². The van der Waals surface area contributed by atoms with Gasteiger partial charge in [-0.15, -0.1) is 0 Å². The SMILES string of the molecule is CCOC(=O)c1ccc(CNC(=O)CC)nc1. The normalized spacial score (nSPS) is 9.76. The predicted octanol–water partition coefficient (Wildman–Crippen LogP) is 1.28. The number of pyridine rings is 1. The van der Waals surface area contributed by atoms with Crippen LogP contribution < -0.4 is 5.32 Å². The van der Waals surface area contributed by atoms with Crippen molar-refractivity contribution in [2.24, 2.45) is 0 Å². The molecule has 1 rings (SSSR count). The largest absolute Gasteiger partial charge is 0.462 e. The van der Waals surface area contributed by atoms with Crippen LogP contribution in [0.1, 0.15) is 36.3 Å². The Hall–Kier alpha value is -1.91. The van der Waals surface area contributed by atoms with E-state index in [0.717, 1.165) is 0 Å². The number of amides is 1. The highest BCUT2D eigenvalue weighted by Crippen LogP contribution is 2.02. The van der Waals surface area contributed by atoms with Crippen molar-refractivity contribution in [2.75, 3.05) is 6.61 Å². The summed E-state index contributed by atoms with van der Waals surface area (Å²) in [5.41, 5.74) is 1.12. The second-order valence-corrected chi connectivity index (χ2v) is 3.39. The third-order valence-electron chi connectivity index (χ3n) is 2.12. The molecule has 5 heteroatoms. The van der Waals surface area contributed by atoms with Gasteiger partial charge in [-0.3, -0.25) is 9.78 Å². The van der Waals surface area contributed by atoms with Crippen molar-refractivity contribution in [1.29, 1.82) is 0 Å². The van der Waals surface area contributed by atoms with E-state index < -0.39 is 0 Å². The van der Waals surface area contributed by atoms with Gasteiger partial charge in [-0.2, -0.15) is 0 Å². The van der Waals surface area contributed by atoms with Crippen molar-refractivity contribution in [2.45, 2.75) is 26.8 Å². The second-order valence-electron chi connectivity index (χ2n) is 3.39. The summed E-state index contributed by atoms with van der Waals surface area (Å²) in [5.74, 6) is -0.412. The van der Waals surface area contributed by atoms with Crippen molar-refractivity contribution < 1.29 is 14.3 Å². The van der Waals surface area contributed by atoms with E-state index in [-0.39, 0.29) is 11.9 Å². The third-order valence-corrected chi connectivity index (χ3v) is 2.12. The molecule has 0 aliphatic heterocycles. The molecule has 1 heterocycles. The lowest BCUT2D eigenvalue weighted by atomic mass is 10.2. The Kier molecular flexibility index (Phi) is 5.13. The van der Waals surface area contributed by atoms with Gasteiger partial charge in [-0.25, -0.2) is 4.79 Å². The summed E-state index contributed by atoms with van der Waals surface area (Å²) >= 11 is 0. The van der Waals surface area contributed by atoms with Gasteiger partial charge in [0, 0.05) is 12.6 Å². The van der Waals surface area contributed by atoms with Crippen LogP contribution in [0.3, 0.4) is 0 Å². The lowest BCUT2D eigenvalue weighted by Gasteiger charge is -2.04. The lowest BCUT2D eigenvalue weighted by molar-refractivity contribution is -0.120. The van der Waals surface area contributed by atoms with Crippen LogP contribution in [-0.2, 0) is 16.1 Å².